The number of thiazole rings is 1. The highest BCUT2D eigenvalue weighted by molar-refractivity contribution is 9.10. The van der Waals surface area contributed by atoms with E-state index in [1.165, 1.54) is 29.5 Å². The standard InChI is InChI=1S/C25H20BrF5N4O3S/c26-15-8-14(25(29,30)31)10-32-23(15)37-11-21(36)35-6-4-13(5-7-35)24-33-19(12-39-24)18-9-20(38-34-18)22-16(27)2-1-3-17(22)28/h1-3,8-10,12-13,20,34H,4-7,11H2. The molecule has 1 N–H and O–H groups in total. The number of benzene rings is 1. The van der Waals surface area contributed by atoms with Gasteiger partial charge in [-0.15, -0.1) is 11.3 Å². The Bertz CT molecular complexity index is 1390. The number of hydroxylamine groups is 1. The van der Waals surface area contributed by atoms with Gasteiger partial charge in [0.25, 0.3) is 5.91 Å². The monoisotopic (exact) mass is 630 g/mol. The normalized spacial score (nSPS) is 18.2. The van der Waals surface area contributed by atoms with Crippen molar-refractivity contribution in [2.45, 2.75) is 31.0 Å². The van der Waals surface area contributed by atoms with Gasteiger partial charge in [0.1, 0.15) is 17.7 Å². The summed E-state index contributed by atoms with van der Waals surface area (Å²) in [5.41, 5.74) is 2.70. The number of hydrogen-bond donors (Lipinski definition) is 1. The number of rotatable bonds is 6. The average molecular weight is 631 g/mol. The number of nitrogens with one attached hydrogen (secondary N) is 1. The molecule has 1 aromatic carbocycles. The van der Waals surface area contributed by atoms with Crippen molar-refractivity contribution < 1.29 is 36.3 Å². The topological polar surface area (TPSA) is 76.6 Å². The van der Waals surface area contributed by atoms with Crippen LogP contribution < -0.4 is 10.2 Å². The molecule has 39 heavy (non-hydrogen) atoms. The first-order valence-electron chi connectivity index (χ1n) is 11.8. The number of amides is 1. The number of pyridine rings is 1. The number of halogens is 6. The van der Waals surface area contributed by atoms with Gasteiger partial charge in [0, 0.05) is 30.6 Å². The fourth-order valence-electron chi connectivity index (χ4n) is 4.29. The number of nitrogens with zero attached hydrogens (tertiary/aromatic N) is 3. The lowest BCUT2D eigenvalue weighted by Gasteiger charge is -2.31. The van der Waals surface area contributed by atoms with Gasteiger partial charge < -0.3 is 9.64 Å². The molecule has 1 unspecified atom stereocenters. The number of alkyl halides is 3. The molecule has 0 bridgehead atoms. The molecule has 3 aromatic rings. The molecule has 1 atom stereocenters. The molecule has 14 heteroatoms. The fraction of sp³-hybridized carbons (Fsp3) is 0.320. The van der Waals surface area contributed by atoms with Crippen LogP contribution in [0.2, 0.25) is 0 Å². The third kappa shape index (κ3) is 6.07. The fourth-order valence-corrected chi connectivity index (χ4v) is 5.75. The van der Waals surface area contributed by atoms with Crippen LogP contribution in [0.1, 0.15) is 46.7 Å². The van der Waals surface area contributed by atoms with Crippen LogP contribution in [-0.4, -0.2) is 40.5 Å². The Hall–Kier alpha value is -3.10. The van der Waals surface area contributed by atoms with E-state index in [1.807, 2.05) is 5.38 Å². The zero-order valence-corrected chi connectivity index (χ0v) is 22.4. The van der Waals surface area contributed by atoms with Crippen molar-refractivity contribution in [3.63, 3.8) is 0 Å². The molecule has 206 valence electrons. The number of aromatic nitrogens is 2. The molecule has 0 aliphatic carbocycles. The van der Waals surface area contributed by atoms with Gasteiger partial charge in [-0.1, -0.05) is 6.07 Å². The van der Waals surface area contributed by atoms with Gasteiger partial charge in [-0.25, -0.2) is 18.7 Å². The Kier molecular flexibility index (Phi) is 7.87. The predicted molar refractivity (Wildman–Crippen MR) is 134 cm³/mol. The van der Waals surface area contributed by atoms with Gasteiger partial charge in [-0.2, -0.15) is 13.2 Å². The molecule has 1 amide bonds. The van der Waals surface area contributed by atoms with E-state index in [9.17, 15) is 26.7 Å². The maximum atomic E-state index is 14.1. The SMILES string of the molecule is O=C(COc1ncc(C(F)(F)F)cc1Br)N1CCC(c2nc(C3=CC(c4c(F)cccc4F)ON3)cs2)CC1. The van der Waals surface area contributed by atoms with Crippen LogP contribution in [0.15, 0.2) is 46.4 Å². The lowest BCUT2D eigenvalue weighted by atomic mass is 9.97. The summed E-state index contributed by atoms with van der Waals surface area (Å²) < 4.78 is 71.9. The average Bonchev–Trinajstić information content (AvgIpc) is 3.58. The first-order valence-corrected chi connectivity index (χ1v) is 13.4. The van der Waals surface area contributed by atoms with Crippen LogP contribution in [0, 0.1) is 11.6 Å². The van der Waals surface area contributed by atoms with E-state index in [0.717, 1.165) is 11.1 Å². The minimum atomic E-state index is -4.53. The number of piperidine rings is 1. The highest BCUT2D eigenvalue weighted by atomic mass is 79.9. The van der Waals surface area contributed by atoms with Crippen molar-refractivity contribution in [3.05, 3.63) is 79.9 Å². The van der Waals surface area contributed by atoms with Crippen LogP contribution in [0.3, 0.4) is 0 Å². The Balaban J connectivity index is 1.15. The van der Waals surface area contributed by atoms with E-state index in [0.29, 0.717) is 43.5 Å². The summed E-state index contributed by atoms with van der Waals surface area (Å²) in [6.45, 7) is 0.566. The molecule has 1 saturated heterocycles. The smallest absolute Gasteiger partial charge is 0.417 e. The van der Waals surface area contributed by atoms with Gasteiger partial charge in [0.2, 0.25) is 5.88 Å². The van der Waals surface area contributed by atoms with Crippen LogP contribution in [-0.2, 0) is 15.8 Å². The molecule has 0 saturated carbocycles. The Morgan fingerprint density at radius 1 is 1.23 bits per heavy atom. The predicted octanol–water partition coefficient (Wildman–Crippen LogP) is 6.00. The van der Waals surface area contributed by atoms with Crippen LogP contribution in [0.25, 0.3) is 5.70 Å². The molecule has 2 aliphatic rings. The maximum absolute atomic E-state index is 14.1. The first-order chi connectivity index (χ1) is 18.6. The number of carbonyl (C=O) groups is 1. The van der Waals surface area contributed by atoms with Crippen molar-refractivity contribution in [1.82, 2.24) is 20.3 Å². The molecular formula is C25H20BrF5N4O3S. The van der Waals surface area contributed by atoms with Crippen molar-refractivity contribution in [3.8, 4) is 5.88 Å². The lowest BCUT2D eigenvalue weighted by Crippen LogP contribution is -2.40. The Labute approximate surface area is 231 Å². The number of likely N-dealkylation sites (tertiary alicyclic amines) is 1. The zero-order chi connectivity index (χ0) is 27.7. The van der Waals surface area contributed by atoms with Crippen molar-refractivity contribution in [2.75, 3.05) is 19.7 Å². The van der Waals surface area contributed by atoms with E-state index in [-0.39, 0.29) is 34.3 Å². The quantitative estimate of drug-likeness (QED) is 0.337. The number of hydrogen-bond acceptors (Lipinski definition) is 7. The van der Waals surface area contributed by atoms with E-state index < -0.39 is 29.5 Å². The summed E-state index contributed by atoms with van der Waals surface area (Å²) in [5.74, 6) is -1.69. The first kappa shape index (κ1) is 27.5. The zero-order valence-electron chi connectivity index (χ0n) is 20.0. The van der Waals surface area contributed by atoms with Crippen molar-refractivity contribution >= 4 is 38.9 Å². The van der Waals surface area contributed by atoms with Gasteiger partial charge in [0.05, 0.1) is 32.0 Å². The van der Waals surface area contributed by atoms with Crippen LogP contribution in [0.4, 0.5) is 22.0 Å². The highest BCUT2D eigenvalue weighted by Crippen LogP contribution is 2.36. The van der Waals surface area contributed by atoms with Gasteiger partial charge in [0.15, 0.2) is 6.61 Å². The summed E-state index contributed by atoms with van der Waals surface area (Å²) in [4.78, 5) is 27.9. The second-order valence-electron chi connectivity index (χ2n) is 8.88. The molecule has 2 aromatic heterocycles. The van der Waals surface area contributed by atoms with Gasteiger partial charge in [-0.3, -0.25) is 15.1 Å². The third-order valence-corrected chi connectivity index (χ3v) is 7.94. The molecule has 0 spiro atoms. The molecule has 5 rings (SSSR count). The molecular weight excluding hydrogens is 611 g/mol. The second-order valence-corrected chi connectivity index (χ2v) is 10.6. The minimum absolute atomic E-state index is 0.00559. The van der Waals surface area contributed by atoms with Gasteiger partial charge >= 0.3 is 6.18 Å². The summed E-state index contributed by atoms with van der Waals surface area (Å²) in [5, 5.41) is 2.70. The van der Waals surface area contributed by atoms with Crippen LogP contribution in [0.5, 0.6) is 5.88 Å². The summed E-state index contributed by atoms with van der Waals surface area (Å²) in [6, 6.07) is 4.47. The third-order valence-electron chi connectivity index (χ3n) is 6.36. The van der Waals surface area contributed by atoms with Gasteiger partial charge in [-0.05, 0) is 53.0 Å². The van der Waals surface area contributed by atoms with Crippen molar-refractivity contribution in [1.29, 1.82) is 0 Å². The minimum Gasteiger partial charge on any atom is -0.467 e. The number of carbonyl (C=O) groups excluding carboxylic acids is 1. The number of ether oxygens (including phenoxy) is 1. The largest absolute Gasteiger partial charge is 0.467 e. The molecule has 4 heterocycles. The molecule has 7 nitrogen and oxygen atoms in total. The summed E-state index contributed by atoms with van der Waals surface area (Å²) >= 11 is 4.45. The van der Waals surface area contributed by atoms with E-state index in [4.69, 9.17) is 9.57 Å². The highest BCUT2D eigenvalue weighted by Gasteiger charge is 2.32. The van der Waals surface area contributed by atoms with Crippen molar-refractivity contribution in [2.24, 2.45) is 0 Å². The Morgan fingerprint density at radius 2 is 1.95 bits per heavy atom. The second kappa shape index (κ2) is 11.2. The van der Waals surface area contributed by atoms with E-state index in [1.54, 1.807) is 11.0 Å². The molecule has 0 radical (unpaired) electrons. The maximum Gasteiger partial charge on any atom is 0.417 e. The molecule has 1 fully saturated rings. The molecule has 2 aliphatic heterocycles. The van der Waals surface area contributed by atoms with E-state index >= 15 is 0 Å². The Morgan fingerprint density at radius 3 is 2.62 bits per heavy atom. The van der Waals surface area contributed by atoms with E-state index in [2.05, 4.69) is 31.4 Å². The summed E-state index contributed by atoms with van der Waals surface area (Å²) in [6.07, 6.45) is -1.92. The lowest BCUT2D eigenvalue weighted by molar-refractivity contribution is -0.138. The summed E-state index contributed by atoms with van der Waals surface area (Å²) in [7, 11) is 0. The van der Waals surface area contributed by atoms with Crippen LogP contribution >= 0.6 is 27.3 Å².